The third kappa shape index (κ3) is 7.41. The molecule has 2 N–H and O–H groups in total. The minimum atomic E-state index is -0.538. The van der Waals surface area contributed by atoms with Gasteiger partial charge in [-0.05, 0) is 42.8 Å². The Balaban J connectivity index is 1.34. The average molecular weight is 498 g/mol. The molecule has 0 aromatic heterocycles. The van der Waals surface area contributed by atoms with E-state index in [1.807, 2.05) is 31.2 Å². The van der Waals surface area contributed by atoms with Crippen LogP contribution >= 0.6 is 34.8 Å². The number of ether oxygens (including phenoxy) is 2. The number of rotatable bonds is 10. The third-order valence-corrected chi connectivity index (χ3v) is 5.64. The summed E-state index contributed by atoms with van der Waals surface area (Å²) in [5.41, 5.74) is 1.18. The lowest BCUT2D eigenvalue weighted by molar-refractivity contribution is -0.124. The van der Waals surface area contributed by atoms with Gasteiger partial charge in [0.25, 0.3) is 5.91 Å². The van der Waals surface area contributed by atoms with Gasteiger partial charge in [-0.2, -0.15) is 0 Å². The van der Waals surface area contributed by atoms with Gasteiger partial charge in [-0.15, -0.1) is 0 Å². The molecule has 2 aromatic carbocycles. The molecule has 0 radical (unpaired) electrons. The first-order valence-corrected chi connectivity index (χ1v) is 11.1. The van der Waals surface area contributed by atoms with Gasteiger partial charge < -0.3 is 20.1 Å². The first-order chi connectivity index (χ1) is 15.2. The van der Waals surface area contributed by atoms with E-state index in [2.05, 4.69) is 10.6 Å². The number of carbonyl (C=O) groups excluding carboxylic acids is 2. The molecule has 0 fully saturated rings. The fraction of sp³-hybridized carbons (Fsp3) is 0.304. The molecular weight excluding hydrogens is 475 g/mol. The van der Waals surface area contributed by atoms with Crippen LogP contribution in [0.15, 0.2) is 54.2 Å². The highest BCUT2D eigenvalue weighted by Gasteiger charge is 2.34. The van der Waals surface area contributed by atoms with Gasteiger partial charge in [0.2, 0.25) is 5.91 Å². The third-order valence-electron chi connectivity index (χ3n) is 4.67. The Morgan fingerprint density at radius 3 is 2.56 bits per heavy atom. The van der Waals surface area contributed by atoms with Crippen LogP contribution in [-0.4, -0.2) is 30.6 Å². The first-order valence-electron chi connectivity index (χ1n) is 9.95. The summed E-state index contributed by atoms with van der Waals surface area (Å²) in [5.74, 6) is 0.0303. The lowest BCUT2D eigenvalue weighted by atomic mass is 9.84. The summed E-state index contributed by atoms with van der Waals surface area (Å²) >= 11 is 17.7. The Labute approximate surface area is 201 Å². The van der Waals surface area contributed by atoms with Crippen LogP contribution in [0.5, 0.6) is 5.75 Å². The van der Waals surface area contributed by atoms with Crippen molar-refractivity contribution < 1.29 is 19.1 Å². The molecule has 1 aliphatic rings. The van der Waals surface area contributed by atoms with E-state index in [1.54, 1.807) is 24.3 Å². The molecule has 0 aliphatic heterocycles. The van der Waals surface area contributed by atoms with Gasteiger partial charge in [0.05, 0.1) is 35.2 Å². The van der Waals surface area contributed by atoms with Crippen LogP contribution < -0.4 is 15.4 Å². The zero-order chi connectivity index (χ0) is 23.1. The highest BCUT2D eigenvalue weighted by atomic mass is 35.5. The molecule has 0 bridgehead atoms. The van der Waals surface area contributed by atoms with Crippen molar-refractivity contribution in [2.24, 2.45) is 0 Å². The average Bonchev–Trinajstić information content (AvgIpc) is 2.71. The summed E-state index contributed by atoms with van der Waals surface area (Å²) in [5, 5.41) is 7.13. The summed E-state index contributed by atoms with van der Waals surface area (Å²) < 4.78 is 11.0. The van der Waals surface area contributed by atoms with Crippen LogP contribution in [-0.2, 0) is 20.9 Å². The Kier molecular flexibility index (Phi) is 8.43. The maximum Gasteiger partial charge on any atom is 0.258 e. The van der Waals surface area contributed by atoms with E-state index < -0.39 is 5.54 Å². The Morgan fingerprint density at radius 1 is 1.06 bits per heavy atom. The number of benzene rings is 2. The minimum absolute atomic E-state index is 0.140. The highest BCUT2D eigenvalue weighted by Crippen LogP contribution is 2.29. The van der Waals surface area contributed by atoms with Gasteiger partial charge in [0.15, 0.2) is 6.61 Å². The molecule has 32 heavy (non-hydrogen) atoms. The second kappa shape index (κ2) is 11.1. The standard InChI is InChI=1S/C23H23Cl3N2O4/c1-23(28-22(30)14-32-18-5-6-19(25)20(26)10-18)11-17(12-23)27-21(29)7-8-31-13-15-3-2-4-16(24)9-15/h2-6,9-11H,7-8,12-14H2,1H3,(H,27,29)(H,28,30). The largest absolute Gasteiger partial charge is 0.484 e. The van der Waals surface area contributed by atoms with Gasteiger partial charge in [0, 0.05) is 23.2 Å². The van der Waals surface area contributed by atoms with E-state index >= 15 is 0 Å². The minimum Gasteiger partial charge on any atom is -0.484 e. The van der Waals surface area contributed by atoms with Crippen molar-refractivity contribution in [3.8, 4) is 5.75 Å². The second-order valence-corrected chi connectivity index (χ2v) is 8.91. The van der Waals surface area contributed by atoms with Crippen LogP contribution in [0.1, 0.15) is 25.3 Å². The van der Waals surface area contributed by atoms with Crippen LogP contribution in [0.2, 0.25) is 15.1 Å². The van der Waals surface area contributed by atoms with Crippen molar-refractivity contribution in [2.75, 3.05) is 13.2 Å². The molecule has 1 atom stereocenters. The van der Waals surface area contributed by atoms with E-state index in [0.29, 0.717) is 40.5 Å². The molecule has 0 spiro atoms. The predicted molar refractivity (Wildman–Crippen MR) is 125 cm³/mol. The molecule has 0 saturated heterocycles. The van der Waals surface area contributed by atoms with E-state index in [1.165, 1.54) is 0 Å². The number of hydrogen-bond donors (Lipinski definition) is 2. The molecular formula is C23H23Cl3N2O4. The molecule has 0 saturated carbocycles. The van der Waals surface area contributed by atoms with Crippen molar-refractivity contribution in [1.29, 1.82) is 0 Å². The van der Waals surface area contributed by atoms with Crippen molar-refractivity contribution >= 4 is 46.6 Å². The highest BCUT2D eigenvalue weighted by molar-refractivity contribution is 6.42. The lowest BCUT2D eigenvalue weighted by Crippen LogP contribution is -2.53. The maximum atomic E-state index is 12.2. The Bertz CT molecular complexity index is 1030. The van der Waals surface area contributed by atoms with Crippen LogP contribution in [0.3, 0.4) is 0 Å². The number of carbonyl (C=O) groups is 2. The summed E-state index contributed by atoms with van der Waals surface area (Å²) in [6.07, 6.45) is 2.56. The zero-order valence-corrected chi connectivity index (χ0v) is 19.7. The van der Waals surface area contributed by atoms with E-state index in [9.17, 15) is 9.59 Å². The van der Waals surface area contributed by atoms with E-state index in [-0.39, 0.29) is 24.8 Å². The quantitative estimate of drug-likeness (QED) is 0.457. The van der Waals surface area contributed by atoms with Crippen LogP contribution in [0.25, 0.3) is 0 Å². The SMILES string of the molecule is CC1(NC(=O)COc2ccc(Cl)c(Cl)c2)C=C(NC(=O)CCOCc2cccc(Cl)c2)C1. The number of hydrogen-bond acceptors (Lipinski definition) is 4. The predicted octanol–water partition coefficient (Wildman–Crippen LogP) is 4.91. The fourth-order valence-corrected chi connectivity index (χ4v) is 3.71. The van der Waals surface area contributed by atoms with Gasteiger partial charge in [-0.25, -0.2) is 0 Å². The van der Waals surface area contributed by atoms with Crippen molar-refractivity contribution in [3.63, 3.8) is 0 Å². The topological polar surface area (TPSA) is 76.7 Å². The molecule has 1 aliphatic carbocycles. The molecule has 9 heteroatoms. The van der Waals surface area contributed by atoms with E-state index in [0.717, 1.165) is 11.3 Å². The number of nitrogens with one attached hydrogen (secondary N) is 2. The van der Waals surface area contributed by atoms with Crippen molar-refractivity contribution in [3.05, 3.63) is 74.9 Å². The molecule has 1 unspecified atom stereocenters. The molecule has 170 valence electrons. The van der Waals surface area contributed by atoms with Gasteiger partial charge in [-0.3, -0.25) is 9.59 Å². The van der Waals surface area contributed by atoms with Crippen LogP contribution in [0.4, 0.5) is 0 Å². The van der Waals surface area contributed by atoms with Crippen molar-refractivity contribution in [2.45, 2.75) is 31.9 Å². The zero-order valence-electron chi connectivity index (χ0n) is 17.4. The fourth-order valence-electron chi connectivity index (χ4n) is 3.21. The Hall–Kier alpha value is -2.25. The lowest BCUT2D eigenvalue weighted by Gasteiger charge is -2.37. The van der Waals surface area contributed by atoms with Crippen LogP contribution in [0, 0.1) is 0 Å². The smallest absolute Gasteiger partial charge is 0.258 e. The molecule has 6 nitrogen and oxygen atoms in total. The number of amides is 2. The number of halogens is 3. The summed E-state index contributed by atoms with van der Waals surface area (Å²) in [6, 6.07) is 12.2. The van der Waals surface area contributed by atoms with Gasteiger partial charge >= 0.3 is 0 Å². The monoisotopic (exact) mass is 496 g/mol. The maximum absolute atomic E-state index is 12.2. The Morgan fingerprint density at radius 2 is 1.84 bits per heavy atom. The summed E-state index contributed by atoms with van der Waals surface area (Å²) in [6.45, 7) is 2.40. The van der Waals surface area contributed by atoms with Gasteiger partial charge in [0.1, 0.15) is 5.75 Å². The van der Waals surface area contributed by atoms with Gasteiger partial charge in [-0.1, -0.05) is 46.9 Å². The summed E-state index contributed by atoms with van der Waals surface area (Å²) in [4.78, 5) is 24.3. The molecule has 2 aromatic rings. The van der Waals surface area contributed by atoms with Crippen molar-refractivity contribution in [1.82, 2.24) is 10.6 Å². The molecule has 3 rings (SSSR count). The normalized spacial score (nSPS) is 17.2. The summed E-state index contributed by atoms with van der Waals surface area (Å²) in [7, 11) is 0. The first kappa shape index (κ1) is 24.4. The molecule has 2 amide bonds. The van der Waals surface area contributed by atoms with E-state index in [4.69, 9.17) is 44.3 Å². The molecule has 0 heterocycles. The second-order valence-electron chi connectivity index (χ2n) is 7.66.